The smallest absolute Gasteiger partial charge is 0.157 e. The van der Waals surface area contributed by atoms with Gasteiger partial charge in [0.2, 0.25) is 0 Å². The third kappa shape index (κ3) is 3.08. The minimum Gasteiger partial charge on any atom is -0.504 e. The number of nitrogens with zero attached hydrogens (tertiary/aromatic N) is 2. The quantitative estimate of drug-likeness (QED) is 0.849. The number of aromatic nitrogens is 1. The van der Waals surface area contributed by atoms with Crippen molar-refractivity contribution in [1.82, 2.24) is 4.98 Å². The first-order valence-electron chi connectivity index (χ1n) is 5.37. The highest BCUT2D eigenvalue weighted by Gasteiger charge is 2.09. The van der Waals surface area contributed by atoms with Gasteiger partial charge in [-0.25, -0.2) is 4.98 Å². The zero-order chi connectivity index (χ0) is 13.8. The van der Waals surface area contributed by atoms with Crippen LogP contribution in [0.25, 0.3) is 0 Å². The Morgan fingerprint density at radius 2 is 2.16 bits per heavy atom. The summed E-state index contributed by atoms with van der Waals surface area (Å²) in [5.74, 6) is -0.0755. The molecular weight excluding hydrogens is 285 g/mol. The molecule has 0 bridgehead atoms. The fraction of sp³-hybridized carbons (Fsp3) is 0.0769. The van der Waals surface area contributed by atoms with Gasteiger partial charge >= 0.3 is 0 Å². The molecule has 0 atom stereocenters. The van der Waals surface area contributed by atoms with Crippen molar-refractivity contribution in [3.8, 4) is 11.8 Å². The van der Waals surface area contributed by atoms with Gasteiger partial charge in [-0.2, -0.15) is 5.26 Å². The zero-order valence-corrected chi connectivity index (χ0v) is 11.2. The number of rotatable bonds is 3. The molecule has 1 aromatic heterocycles. The number of nitrogens with one attached hydrogen (secondary N) is 1. The maximum absolute atomic E-state index is 9.79. The van der Waals surface area contributed by atoms with Crippen LogP contribution in [0.15, 0.2) is 30.5 Å². The summed E-state index contributed by atoms with van der Waals surface area (Å²) in [6.45, 7) is 0.334. The predicted molar refractivity (Wildman–Crippen MR) is 74.4 cm³/mol. The highest BCUT2D eigenvalue weighted by molar-refractivity contribution is 6.36. The van der Waals surface area contributed by atoms with Crippen LogP contribution >= 0.6 is 23.2 Å². The van der Waals surface area contributed by atoms with Crippen molar-refractivity contribution in [3.63, 3.8) is 0 Å². The number of halogens is 2. The largest absolute Gasteiger partial charge is 0.504 e. The minimum atomic E-state index is -0.0755. The van der Waals surface area contributed by atoms with Gasteiger partial charge in [0.15, 0.2) is 5.75 Å². The first kappa shape index (κ1) is 13.5. The number of nitriles is 1. The molecule has 1 heterocycles. The van der Waals surface area contributed by atoms with E-state index in [1.165, 1.54) is 6.07 Å². The van der Waals surface area contributed by atoms with Crippen LogP contribution in [-0.4, -0.2) is 10.1 Å². The van der Waals surface area contributed by atoms with Gasteiger partial charge in [0.05, 0.1) is 10.7 Å². The Hall–Kier alpha value is -1.96. The van der Waals surface area contributed by atoms with E-state index in [1.807, 2.05) is 6.07 Å². The number of benzene rings is 1. The van der Waals surface area contributed by atoms with E-state index >= 15 is 0 Å². The Kier molecular flexibility index (Phi) is 4.10. The molecule has 2 aromatic rings. The Morgan fingerprint density at radius 1 is 1.37 bits per heavy atom. The zero-order valence-electron chi connectivity index (χ0n) is 9.69. The van der Waals surface area contributed by atoms with E-state index < -0.39 is 0 Å². The normalized spacial score (nSPS) is 9.95. The molecule has 0 spiro atoms. The molecule has 0 radical (unpaired) electrons. The number of anilines is 1. The minimum absolute atomic E-state index is 0.0755. The molecule has 1 aromatic carbocycles. The van der Waals surface area contributed by atoms with Crippen molar-refractivity contribution in [2.24, 2.45) is 0 Å². The molecule has 0 fully saturated rings. The highest BCUT2D eigenvalue weighted by atomic mass is 35.5. The van der Waals surface area contributed by atoms with Crippen molar-refractivity contribution in [2.75, 3.05) is 5.32 Å². The van der Waals surface area contributed by atoms with Crippen LogP contribution in [0.2, 0.25) is 10.0 Å². The molecule has 19 heavy (non-hydrogen) atoms. The maximum atomic E-state index is 9.79. The molecule has 0 saturated heterocycles. The molecule has 96 valence electrons. The van der Waals surface area contributed by atoms with E-state index in [9.17, 15) is 5.11 Å². The Labute approximate surface area is 120 Å². The Morgan fingerprint density at radius 3 is 2.89 bits per heavy atom. The van der Waals surface area contributed by atoms with E-state index in [2.05, 4.69) is 10.3 Å². The predicted octanol–water partition coefficient (Wildman–Crippen LogP) is 3.58. The van der Waals surface area contributed by atoms with Crippen molar-refractivity contribution in [2.45, 2.75) is 6.54 Å². The summed E-state index contributed by atoms with van der Waals surface area (Å²) in [5.41, 5.74) is 1.47. The molecule has 0 saturated carbocycles. The molecule has 0 amide bonds. The van der Waals surface area contributed by atoms with Crippen LogP contribution < -0.4 is 5.32 Å². The maximum Gasteiger partial charge on any atom is 0.157 e. The first-order chi connectivity index (χ1) is 9.11. The topological polar surface area (TPSA) is 68.9 Å². The van der Waals surface area contributed by atoms with Crippen molar-refractivity contribution in [3.05, 3.63) is 51.8 Å². The van der Waals surface area contributed by atoms with Gasteiger partial charge in [0.1, 0.15) is 11.8 Å². The Bertz CT molecular complexity index is 653. The lowest BCUT2D eigenvalue weighted by Gasteiger charge is -2.10. The van der Waals surface area contributed by atoms with Crippen LogP contribution in [0.3, 0.4) is 0 Å². The van der Waals surface area contributed by atoms with Gasteiger partial charge in [-0.3, -0.25) is 0 Å². The Balaban J connectivity index is 2.22. The van der Waals surface area contributed by atoms with Gasteiger partial charge in [0, 0.05) is 23.3 Å². The van der Waals surface area contributed by atoms with Gasteiger partial charge in [-0.05, 0) is 18.2 Å². The number of phenols is 1. The fourth-order valence-corrected chi connectivity index (χ4v) is 2.07. The first-order valence-corrected chi connectivity index (χ1v) is 6.13. The van der Waals surface area contributed by atoms with E-state index in [1.54, 1.807) is 24.4 Å². The summed E-state index contributed by atoms with van der Waals surface area (Å²) in [7, 11) is 0. The molecule has 6 heteroatoms. The van der Waals surface area contributed by atoms with E-state index in [-0.39, 0.29) is 10.8 Å². The summed E-state index contributed by atoms with van der Waals surface area (Å²) < 4.78 is 0. The summed E-state index contributed by atoms with van der Waals surface area (Å²) in [4.78, 5) is 3.95. The van der Waals surface area contributed by atoms with Crippen molar-refractivity contribution in [1.29, 1.82) is 5.26 Å². The third-order valence-corrected chi connectivity index (χ3v) is 3.00. The number of hydrogen-bond acceptors (Lipinski definition) is 4. The van der Waals surface area contributed by atoms with Gasteiger partial charge in [0.25, 0.3) is 0 Å². The average molecular weight is 294 g/mol. The molecule has 0 unspecified atom stereocenters. The fourth-order valence-electron chi connectivity index (χ4n) is 1.57. The molecule has 4 nitrogen and oxygen atoms in total. The summed E-state index contributed by atoms with van der Waals surface area (Å²) in [6.07, 6.45) is 1.55. The monoisotopic (exact) mass is 293 g/mol. The second-order valence-electron chi connectivity index (χ2n) is 3.76. The van der Waals surface area contributed by atoms with E-state index in [4.69, 9.17) is 28.5 Å². The van der Waals surface area contributed by atoms with Crippen LogP contribution in [0.1, 0.15) is 11.3 Å². The lowest BCUT2D eigenvalue weighted by Crippen LogP contribution is -2.03. The number of pyridine rings is 1. The molecule has 0 aliphatic rings. The van der Waals surface area contributed by atoms with E-state index in [0.717, 1.165) is 5.56 Å². The number of phenolic OH excluding ortho intramolecular Hbond substituents is 1. The van der Waals surface area contributed by atoms with Crippen molar-refractivity contribution >= 4 is 28.9 Å². The highest BCUT2D eigenvalue weighted by Crippen LogP contribution is 2.35. The number of hydrogen-bond donors (Lipinski definition) is 2. The molecule has 2 N–H and O–H groups in total. The second kappa shape index (κ2) is 5.79. The standard InChI is InChI=1S/C13H9Cl2N3O/c14-9-4-10(15)13(19)11(5-9)18-7-8-2-1-3-17-12(8)6-16/h1-5,18-19H,7H2. The molecular formula is C13H9Cl2N3O. The van der Waals surface area contributed by atoms with Gasteiger partial charge in [-0.1, -0.05) is 29.3 Å². The SMILES string of the molecule is N#Cc1ncccc1CNc1cc(Cl)cc(Cl)c1O. The summed E-state index contributed by atoms with van der Waals surface area (Å²) >= 11 is 11.7. The average Bonchev–Trinajstić information content (AvgIpc) is 2.41. The molecule has 0 aliphatic carbocycles. The third-order valence-electron chi connectivity index (χ3n) is 2.49. The van der Waals surface area contributed by atoms with Crippen LogP contribution in [0.5, 0.6) is 5.75 Å². The number of aromatic hydroxyl groups is 1. The molecule has 2 rings (SSSR count). The van der Waals surface area contributed by atoms with Crippen LogP contribution in [0, 0.1) is 11.3 Å². The summed E-state index contributed by atoms with van der Waals surface area (Å²) in [5, 5.41) is 22.3. The van der Waals surface area contributed by atoms with Gasteiger partial charge in [-0.15, -0.1) is 0 Å². The van der Waals surface area contributed by atoms with Crippen LogP contribution in [-0.2, 0) is 6.54 Å². The van der Waals surface area contributed by atoms with Gasteiger partial charge < -0.3 is 10.4 Å². The van der Waals surface area contributed by atoms with E-state index in [0.29, 0.717) is 22.9 Å². The molecule has 0 aliphatic heterocycles. The van der Waals surface area contributed by atoms with Crippen molar-refractivity contribution < 1.29 is 5.11 Å². The lowest BCUT2D eigenvalue weighted by molar-refractivity contribution is 0.477. The van der Waals surface area contributed by atoms with Crippen LogP contribution in [0.4, 0.5) is 5.69 Å². The lowest BCUT2D eigenvalue weighted by atomic mass is 10.2. The second-order valence-corrected chi connectivity index (χ2v) is 4.60. The summed E-state index contributed by atoms with van der Waals surface area (Å²) in [6, 6.07) is 8.54.